The molecule has 0 radical (unpaired) electrons. The van der Waals surface area contributed by atoms with E-state index in [0.29, 0.717) is 11.3 Å². The predicted molar refractivity (Wildman–Crippen MR) is 61.7 cm³/mol. The lowest BCUT2D eigenvalue weighted by atomic mass is 10.0. The Morgan fingerprint density at radius 3 is 2.47 bits per heavy atom. The van der Waals surface area contributed by atoms with Crippen LogP contribution >= 0.6 is 0 Å². The Bertz CT molecular complexity index is 567. The Morgan fingerprint density at radius 1 is 1.24 bits per heavy atom. The van der Waals surface area contributed by atoms with Crippen LogP contribution in [0.4, 0.5) is 0 Å². The van der Waals surface area contributed by atoms with Gasteiger partial charge in [0.1, 0.15) is 6.33 Å². The first-order valence-corrected chi connectivity index (χ1v) is 5.06. The number of pyridine rings is 1. The molecule has 0 saturated carbocycles. The van der Waals surface area contributed by atoms with Crippen molar-refractivity contribution in [2.45, 2.75) is 13.8 Å². The number of carboxylic acid groups (broad SMARTS) is 1. The van der Waals surface area contributed by atoms with E-state index in [-0.39, 0.29) is 5.69 Å². The predicted octanol–water partition coefficient (Wildman–Crippen LogP) is 1.85. The number of carbonyl (C=O) groups is 1. The van der Waals surface area contributed by atoms with Gasteiger partial charge in [0.05, 0.1) is 0 Å². The molecule has 5 nitrogen and oxygen atoms in total. The summed E-state index contributed by atoms with van der Waals surface area (Å²) < 4.78 is 0. The van der Waals surface area contributed by atoms with Gasteiger partial charge in [-0.15, -0.1) is 0 Å². The number of aryl methyl sites for hydroxylation is 1. The molecule has 0 saturated heterocycles. The summed E-state index contributed by atoms with van der Waals surface area (Å²) in [6, 6.07) is 1.83. The number of aromatic nitrogens is 3. The van der Waals surface area contributed by atoms with Gasteiger partial charge in [-0.25, -0.2) is 19.7 Å². The minimum absolute atomic E-state index is 0.0730. The molecule has 0 aliphatic carbocycles. The van der Waals surface area contributed by atoms with E-state index in [1.807, 2.05) is 6.07 Å². The molecule has 0 aromatic carbocycles. The van der Waals surface area contributed by atoms with Crippen molar-refractivity contribution in [1.29, 1.82) is 0 Å². The van der Waals surface area contributed by atoms with Crippen LogP contribution in [0.15, 0.2) is 24.8 Å². The molecule has 2 aromatic rings. The van der Waals surface area contributed by atoms with Crippen molar-refractivity contribution in [2.75, 3.05) is 0 Å². The van der Waals surface area contributed by atoms with E-state index < -0.39 is 5.97 Å². The fourth-order valence-electron chi connectivity index (χ4n) is 1.68. The molecule has 0 aliphatic heterocycles. The lowest BCUT2D eigenvalue weighted by molar-refractivity contribution is 0.0689. The van der Waals surface area contributed by atoms with Crippen LogP contribution in [0.3, 0.4) is 0 Å². The van der Waals surface area contributed by atoms with Crippen molar-refractivity contribution in [2.24, 2.45) is 0 Å². The Hall–Kier alpha value is -2.30. The zero-order valence-corrected chi connectivity index (χ0v) is 9.51. The topological polar surface area (TPSA) is 76.0 Å². The van der Waals surface area contributed by atoms with E-state index in [0.717, 1.165) is 11.1 Å². The van der Waals surface area contributed by atoms with Gasteiger partial charge in [-0.3, -0.25) is 0 Å². The molecular weight excluding hydrogens is 218 g/mol. The molecule has 0 unspecified atom stereocenters. The zero-order valence-electron chi connectivity index (χ0n) is 9.51. The summed E-state index contributed by atoms with van der Waals surface area (Å²) in [5, 5.41) is 9.07. The molecule has 2 rings (SSSR count). The number of nitrogens with zero attached hydrogens (tertiary/aromatic N) is 3. The SMILES string of the molecule is Cc1cc(-c2cncnc2)c(C)c(C(=O)O)n1. The maximum absolute atomic E-state index is 11.1. The third-order valence-electron chi connectivity index (χ3n) is 2.47. The molecule has 5 heteroatoms. The normalized spacial score (nSPS) is 10.2. The van der Waals surface area contributed by atoms with Crippen molar-refractivity contribution in [3.05, 3.63) is 41.7 Å². The van der Waals surface area contributed by atoms with Crippen LogP contribution in [0.1, 0.15) is 21.7 Å². The number of aromatic carboxylic acids is 1. The Labute approximate surface area is 98.2 Å². The van der Waals surface area contributed by atoms with Gasteiger partial charge in [0.25, 0.3) is 0 Å². The highest BCUT2D eigenvalue weighted by Gasteiger charge is 2.14. The van der Waals surface area contributed by atoms with Crippen molar-refractivity contribution >= 4 is 5.97 Å². The smallest absolute Gasteiger partial charge is 0.354 e. The summed E-state index contributed by atoms with van der Waals surface area (Å²) in [5.74, 6) is -1.02. The maximum atomic E-state index is 11.1. The van der Waals surface area contributed by atoms with Crippen LogP contribution < -0.4 is 0 Å². The van der Waals surface area contributed by atoms with E-state index >= 15 is 0 Å². The minimum Gasteiger partial charge on any atom is -0.477 e. The lowest BCUT2D eigenvalue weighted by Gasteiger charge is -2.09. The van der Waals surface area contributed by atoms with Crippen molar-refractivity contribution in [3.8, 4) is 11.1 Å². The largest absolute Gasteiger partial charge is 0.477 e. The summed E-state index contributed by atoms with van der Waals surface area (Å²) in [4.78, 5) is 22.9. The molecule has 0 amide bonds. The first-order valence-electron chi connectivity index (χ1n) is 5.06. The molecule has 2 aromatic heterocycles. The van der Waals surface area contributed by atoms with Crippen molar-refractivity contribution in [3.63, 3.8) is 0 Å². The van der Waals surface area contributed by atoms with Crippen molar-refractivity contribution in [1.82, 2.24) is 15.0 Å². The van der Waals surface area contributed by atoms with Gasteiger partial charge in [-0.05, 0) is 31.0 Å². The highest BCUT2D eigenvalue weighted by Crippen LogP contribution is 2.24. The number of hydrogen-bond donors (Lipinski definition) is 1. The minimum atomic E-state index is -1.02. The molecule has 0 atom stereocenters. The summed E-state index contributed by atoms with van der Waals surface area (Å²) >= 11 is 0. The number of carboxylic acids is 1. The van der Waals surface area contributed by atoms with Crippen LogP contribution in [-0.4, -0.2) is 26.0 Å². The van der Waals surface area contributed by atoms with Crippen LogP contribution in [0, 0.1) is 13.8 Å². The number of hydrogen-bond acceptors (Lipinski definition) is 4. The average Bonchev–Trinajstić information content (AvgIpc) is 2.32. The van der Waals surface area contributed by atoms with Gasteiger partial charge in [-0.2, -0.15) is 0 Å². The van der Waals surface area contributed by atoms with Crippen LogP contribution in [0.2, 0.25) is 0 Å². The van der Waals surface area contributed by atoms with E-state index in [1.165, 1.54) is 6.33 Å². The van der Waals surface area contributed by atoms with Crippen molar-refractivity contribution < 1.29 is 9.90 Å². The summed E-state index contributed by atoms with van der Waals surface area (Å²) in [6.07, 6.45) is 4.74. The molecule has 86 valence electrons. The molecule has 0 spiro atoms. The quantitative estimate of drug-likeness (QED) is 0.850. The molecule has 1 N–H and O–H groups in total. The van der Waals surface area contributed by atoms with Gasteiger partial charge < -0.3 is 5.11 Å². The Kier molecular flexibility index (Phi) is 2.82. The molecule has 0 fully saturated rings. The van der Waals surface area contributed by atoms with E-state index in [9.17, 15) is 4.79 Å². The fourth-order valence-corrected chi connectivity index (χ4v) is 1.68. The van der Waals surface area contributed by atoms with E-state index in [4.69, 9.17) is 5.11 Å². The Morgan fingerprint density at radius 2 is 1.88 bits per heavy atom. The summed E-state index contributed by atoms with van der Waals surface area (Å²) in [5.41, 5.74) is 2.95. The molecule has 0 bridgehead atoms. The van der Waals surface area contributed by atoms with Crippen LogP contribution in [0.25, 0.3) is 11.1 Å². The third kappa shape index (κ3) is 2.13. The highest BCUT2D eigenvalue weighted by molar-refractivity contribution is 5.89. The van der Waals surface area contributed by atoms with Gasteiger partial charge in [-0.1, -0.05) is 0 Å². The fraction of sp³-hybridized carbons (Fsp3) is 0.167. The summed E-state index contributed by atoms with van der Waals surface area (Å²) in [7, 11) is 0. The second-order valence-corrected chi connectivity index (χ2v) is 3.72. The first kappa shape index (κ1) is 11.2. The zero-order chi connectivity index (χ0) is 12.4. The molecular formula is C12H11N3O2. The summed E-state index contributed by atoms with van der Waals surface area (Å²) in [6.45, 7) is 3.50. The standard InChI is InChI=1S/C12H11N3O2/c1-7-3-10(9-4-13-6-14-5-9)8(2)11(15-7)12(16)17/h3-6H,1-2H3,(H,16,17). The Balaban J connectivity index is 2.67. The van der Waals surface area contributed by atoms with E-state index in [2.05, 4.69) is 15.0 Å². The second kappa shape index (κ2) is 4.29. The first-order chi connectivity index (χ1) is 8.09. The monoisotopic (exact) mass is 229 g/mol. The van der Waals surface area contributed by atoms with Gasteiger partial charge in [0.2, 0.25) is 0 Å². The van der Waals surface area contributed by atoms with E-state index in [1.54, 1.807) is 26.2 Å². The second-order valence-electron chi connectivity index (χ2n) is 3.72. The van der Waals surface area contributed by atoms with Gasteiger partial charge in [0, 0.05) is 23.7 Å². The number of rotatable bonds is 2. The molecule has 17 heavy (non-hydrogen) atoms. The maximum Gasteiger partial charge on any atom is 0.354 e. The third-order valence-corrected chi connectivity index (χ3v) is 2.47. The lowest BCUT2D eigenvalue weighted by Crippen LogP contribution is -2.06. The molecule has 0 aliphatic rings. The molecule has 2 heterocycles. The van der Waals surface area contributed by atoms with Gasteiger partial charge >= 0.3 is 5.97 Å². The average molecular weight is 229 g/mol. The van der Waals surface area contributed by atoms with Crippen LogP contribution in [-0.2, 0) is 0 Å². The highest BCUT2D eigenvalue weighted by atomic mass is 16.4. The van der Waals surface area contributed by atoms with Crippen LogP contribution in [0.5, 0.6) is 0 Å². The van der Waals surface area contributed by atoms with Gasteiger partial charge in [0.15, 0.2) is 5.69 Å².